The van der Waals surface area contributed by atoms with Gasteiger partial charge in [-0.2, -0.15) is 0 Å². The Kier molecular flexibility index (Phi) is 3.46. The van der Waals surface area contributed by atoms with Crippen molar-refractivity contribution in [2.24, 2.45) is 0 Å². The van der Waals surface area contributed by atoms with Crippen LogP contribution >= 0.6 is 11.3 Å². The standard InChI is InChI=1S/C9H14N2O3S2/c12-5-2-6-16(13,14)11-9-10-7-3-1-4-8(7)15-9/h12H,1-6H2,(H,10,11). The van der Waals surface area contributed by atoms with Crippen LogP contribution in [0.15, 0.2) is 0 Å². The predicted octanol–water partition coefficient (Wildman–Crippen LogP) is 0.756. The minimum absolute atomic E-state index is 0.0618. The van der Waals surface area contributed by atoms with Crippen LogP contribution in [0.3, 0.4) is 0 Å². The SMILES string of the molecule is O=S(=O)(CCCO)Nc1nc2c(s1)CCC2. The van der Waals surface area contributed by atoms with Gasteiger partial charge in [0, 0.05) is 11.5 Å². The van der Waals surface area contributed by atoms with Crippen molar-refractivity contribution in [3.05, 3.63) is 10.6 Å². The molecule has 1 aromatic heterocycles. The Labute approximate surface area is 98.6 Å². The third kappa shape index (κ3) is 2.72. The number of nitrogens with zero attached hydrogens (tertiary/aromatic N) is 1. The smallest absolute Gasteiger partial charge is 0.234 e. The van der Waals surface area contributed by atoms with Crippen LogP contribution in [0.1, 0.15) is 23.4 Å². The number of aryl methyl sites for hydroxylation is 2. The average Bonchev–Trinajstić information content (AvgIpc) is 2.74. The Morgan fingerprint density at radius 2 is 2.25 bits per heavy atom. The summed E-state index contributed by atoms with van der Waals surface area (Å²) in [6, 6.07) is 0. The quantitative estimate of drug-likeness (QED) is 0.821. The maximum atomic E-state index is 11.5. The molecule has 1 heterocycles. The molecule has 2 N–H and O–H groups in total. The summed E-state index contributed by atoms with van der Waals surface area (Å²) in [6.45, 7) is -0.116. The lowest BCUT2D eigenvalue weighted by Crippen LogP contribution is -2.17. The average molecular weight is 262 g/mol. The van der Waals surface area contributed by atoms with Crippen molar-refractivity contribution in [2.45, 2.75) is 25.7 Å². The number of hydrogen-bond acceptors (Lipinski definition) is 5. The first-order chi connectivity index (χ1) is 7.61. The molecule has 0 aliphatic heterocycles. The van der Waals surface area contributed by atoms with Crippen molar-refractivity contribution in [3.8, 4) is 0 Å². The van der Waals surface area contributed by atoms with Crippen molar-refractivity contribution >= 4 is 26.5 Å². The second-order valence-electron chi connectivity index (χ2n) is 3.74. The van der Waals surface area contributed by atoms with E-state index in [9.17, 15) is 8.42 Å². The van der Waals surface area contributed by atoms with Gasteiger partial charge in [-0.15, -0.1) is 11.3 Å². The number of hydrogen-bond donors (Lipinski definition) is 2. The number of nitrogens with one attached hydrogen (secondary N) is 1. The van der Waals surface area contributed by atoms with Crippen LogP contribution in [0.25, 0.3) is 0 Å². The molecule has 0 spiro atoms. The molecule has 7 heteroatoms. The van der Waals surface area contributed by atoms with Crippen molar-refractivity contribution in [1.29, 1.82) is 0 Å². The molecule has 0 bridgehead atoms. The van der Waals surface area contributed by atoms with Gasteiger partial charge in [-0.25, -0.2) is 13.4 Å². The van der Waals surface area contributed by atoms with E-state index in [1.165, 1.54) is 16.2 Å². The molecule has 0 unspecified atom stereocenters. The fourth-order valence-electron chi connectivity index (χ4n) is 1.67. The van der Waals surface area contributed by atoms with Gasteiger partial charge < -0.3 is 5.11 Å². The second kappa shape index (κ2) is 4.68. The van der Waals surface area contributed by atoms with Crippen LogP contribution in [0.5, 0.6) is 0 Å². The molecular weight excluding hydrogens is 248 g/mol. The van der Waals surface area contributed by atoms with Crippen LogP contribution in [0, 0.1) is 0 Å². The number of thiazole rings is 1. The fraction of sp³-hybridized carbons (Fsp3) is 0.667. The van der Waals surface area contributed by atoms with Gasteiger partial charge in [0.05, 0.1) is 11.4 Å². The Hall–Kier alpha value is -0.660. The Morgan fingerprint density at radius 3 is 2.94 bits per heavy atom. The molecular formula is C9H14N2O3S2. The second-order valence-corrected chi connectivity index (χ2v) is 6.67. The molecule has 0 saturated heterocycles. The summed E-state index contributed by atoms with van der Waals surface area (Å²) in [5.41, 5.74) is 1.03. The zero-order chi connectivity index (χ0) is 11.6. The normalized spacial score (nSPS) is 15.1. The molecule has 0 radical (unpaired) electrons. The van der Waals surface area contributed by atoms with E-state index >= 15 is 0 Å². The first kappa shape index (κ1) is 11.8. The summed E-state index contributed by atoms with van der Waals surface area (Å²) in [6.07, 6.45) is 3.32. The van der Waals surface area contributed by atoms with Gasteiger partial charge in [0.2, 0.25) is 10.0 Å². The highest BCUT2D eigenvalue weighted by Gasteiger charge is 2.19. The molecule has 2 rings (SSSR count). The molecule has 5 nitrogen and oxygen atoms in total. The van der Waals surface area contributed by atoms with E-state index in [-0.39, 0.29) is 18.8 Å². The van der Waals surface area contributed by atoms with E-state index in [4.69, 9.17) is 5.11 Å². The molecule has 16 heavy (non-hydrogen) atoms. The maximum Gasteiger partial charge on any atom is 0.234 e. The fourth-order valence-corrected chi connectivity index (χ4v) is 4.04. The van der Waals surface area contributed by atoms with Gasteiger partial charge in [0.1, 0.15) is 0 Å². The third-order valence-electron chi connectivity index (χ3n) is 2.41. The summed E-state index contributed by atoms with van der Waals surface area (Å²) >= 11 is 1.42. The summed E-state index contributed by atoms with van der Waals surface area (Å²) < 4.78 is 25.5. The third-order valence-corrected chi connectivity index (χ3v) is 4.94. The summed E-state index contributed by atoms with van der Waals surface area (Å²) in [5.74, 6) is -0.0618. The van der Waals surface area contributed by atoms with Gasteiger partial charge in [-0.05, 0) is 25.7 Å². The monoisotopic (exact) mass is 262 g/mol. The van der Waals surface area contributed by atoms with Crippen molar-refractivity contribution < 1.29 is 13.5 Å². The molecule has 0 atom stereocenters. The Balaban J connectivity index is 2.03. The molecule has 0 saturated carbocycles. The number of rotatable bonds is 5. The first-order valence-electron chi connectivity index (χ1n) is 5.20. The van der Waals surface area contributed by atoms with Crippen LogP contribution < -0.4 is 4.72 Å². The van der Waals surface area contributed by atoms with Crippen LogP contribution in [-0.2, 0) is 22.9 Å². The molecule has 0 fully saturated rings. The van der Waals surface area contributed by atoms with Gasteiger partial charge in [-0.3, -0.25) is 4.72 Å². The number of anilines is 1. The number of fused-ring (bicyclic) bond motifs is 1. The largest absolute Gasteiger partial charge is 0.396 e. The minimum Gasteiger partial charge on any atom is -0.396 e. The highest BCUT2D eigenvalue weighted by molar-refractivity contribution is 7.92. The van der Waals surface area contributed by atoms with Crippen LogP contribution in [0.4, 0.5) is 5.13 Å². The molecule has 1 aromatic rings. The molecule has 0 aromatic carbocycles. The lowest BCUT2D eigenvalue weighted by Gasteiger charge is -2.03. The van der Waals surface area contributed by atoms with E-state index in [0.717, 1.165) is 25.0 Å². The first-order valence-corrected chi connectivity index (χ1v) is 7.67. The molecule has 1 aliphatic rings. The number of aromatic nitrogens is 1. The van der Waals surface area contributed by atoms with E-state index < -0.39 is 10.0 Å². The summed E-state index contributed by atoms with van der Waals surface area (Å²) in [7, 11) is -3.35. The zero-order valence-corrected chi connectivity index (χ0v) is 10.4. The minimum atomic E-state index is -3.35. The van der Waals surface area contributed by atoms with Gasteiger partial charge >= 0.3 is 0 Å². The molecule has 0 amide bonds. The van der Waals surface area contributed by atoms with Crippen LogP contribution in [0.2, 0.25) is 0 Å². The van der Waals surface area contributed by atoms with E-state index in [1.54, 1.807) is 0 Å². The van der Waals surface area contributed by atoms with Gasteiger partial charge in [0.15, 0.2) is 5.13 Å². The highest BCUT2D eigenvalue weighted by atomic mass is 32.2. The van der Waals surface area contributed by atoms with Crippen LogP contribution in [-0.4, -0.2) is 30.9 Å². The zero-order valence-electron chi connectivity index (χ0n) is 8.77. The van der Waals surface area contributed by atoms with E-state index in [0.29, 0.717) is 5.13 Å². The topological polar surface area (TPSA) is 79.3 Å². The van der Waals surface area contributed by atoms with Crippen molar-refractivity contribution in [1.82, 2.24) is 4.98 Å². The predicted molar refractivity (Wildman–Crippen MR) is 63.3 cm³/mol. The summed E-state index contributed by atoms with van der Waals surface area (Å²) in [4.78, 5) is 5.44. The molecule has 1 aliphatic carbocycles. The lowest BCUT2D eigenvalue weighted by molar-refractivity contribution is 0.295. The van der Waals surface area contributed by atoms with Gasteiger partial charge in [-0.1, -0.05) is 0 Å². The maximum absolute atomic E-state index is 11.5. The lowest BCUT2D eigenvalue weighted by atomic mass is 10.4. The number of aliphatic hydroxyl groups excluding tert-OH is 1. The highest BCUT2D eigenvalue weighted by Crippen LogP contribution is 2.30. The van der Waals surface area contributed by atoms with Gasteiger partial charge in [0.25, 0.3) is 0 Å². The van der Waals surface area contributed by atoms with E-state index in [2.05, 4.69) is 9.71 Å². The Morgan fingerprint density at radius 1 is 1.44 bits per heavy atom. The van der Waals surface area contributed by atoms with Crippen molar-refractivity contribution in [2.75, 3.05) is 17.1 Å². The van der Waals surface area contributed by atoms with E-state index in [1.807, 2.05) is 0 Å². The molecule has 90 valence electrons. The number of sulfonamides is 1. The Bertz CT molecular complexity index is 446. The number of aliphatic hydroxyl groups is 1. The van der Waals surface area contributed by atoms with Crippen molar-refractivity contribution in [3.63, 3.8) is 0 Å². The summed E-state index contributed by atoms with van der Waals surface area (Å²) in [5, 5.41) is 9.05.